The molecular weight excluding hydrogens is 294 g/mol. The van der Waals surface area contributed by atoms with Crippen LogP contribution in [0.1, 0.15) is 33.3 Å². The molecule has 5 nitrogen and oxygen atoms in total. The molecular formula is C18H27NO4. The molecule has 2 aliphatic heterocycles. The van der Waals surface area contributed by atoms with E-state index in [4.69, 9.17) is 14.2 Å². The van der Waals surface area contributed by atoms with Crippen molar-refractivity contribution in [2.45, 2.75) is 70.7 Å². The summed E-state index contributed by atoms with van der Waals surface area (Å²) in [6, 6.07) is 10.7. The van der Waals surface area contributed by atoms with Crippen LogP contribution in [0, 0.1) is 0 Å². The second-order valence-electron chi connectivity index (χ2n) is 7.14. The summed E-state index contributed by atoms with van der Waals surface area (Å²) in [6.45, 7) is 9.46. The lowest BCUT2D eigenvalue weighted by atomic mass is 10.1. The Kier molecular flexibility index (Phi) is 4.76. The average molecular weight is 321 g/mol. The summed E-state index contributed by atoms with van der Waals surface area (Å²) >= 11 is 0. The first-order valence-corrected chi connectivity index (χ1v) is 8.33. The van der Waals surface area contributed by atoms with Crippen LogP contribution in [0.3, 0.4) is 0 Å². The van der Waals surface area contributed by atoms with E-state index in [0.717, 1.165) is 6.54 Å². The summed E-state index contributed by atoms with van der Waals surface area (Å²) in [5.74, 6) is -0.691. The lowest BCUT2D eigenvalue weighted by molar-refractivity contribution is -0.216. The fourth-order valence-electron chi connectivity index (χ4n) is 3.22. The number of ether oxygens (including phenoxy) is 3. The van der Waals surface area contributed by atoms with Gasteiger partial charge in [-0.15, -0.1) is 0 Å². The van der Waals surface area contributed by atoms with Crippen molar-refractivity contribution in [3.63, 3.8) is 0 Å². The van der Waals surface area contributed by atoms with E-state index in [1.54, 1.807) is 0 Å². The minimum atomic E-state index is -0.691. The third-order valence-electron chi connectivity index (χ3n) is 4.49. The second kappa shape index (κ2) is 6.49. The number of nitrogens with zero attached hydrogens (tertiary/aromatic N) is 1. The van der Waals surface area contributed by atoms with E-state index >= 15 is 0 Å². The van der Waals surface area contributed by atoms with Gasteiger partial charge in [0.25, 0.3) is 0 Å². The van der Waals surface area contributed by atoms with Crippen molar-refractivity contribution < 1.29 is 19.3 Å². The first-order valence-electron chi connectivity index (χ1n) is 8.33. The highest BCUT2D eigenvalue weighted by atomic mass is 16.8. The fraction of sp³-hybridized carbons (Fsp3) is 0.667. The van der Waals surface area contributed by atoms with E-state index < -0.39 is 24.3 Å². The quantitative estimate of drug-likeness (QED) is 0.900. The van der Waals surface area contributed by atoms with Crippen molar-refractivity contribution in [2.24, 2.45) is 0 Å². The molecule has 2 saturated heterocycles. The van der Waals surface area contributed by atoms with Crippen LogP contribution in [0.4, 0.5) is 0 Å². The van der Waals surface area contributed by atoms with Crippen LogP contribution in [0.25, 0.3) is 0 Å². The normalized spacial score (nSPS) is 32.7. The van der Waals surface area contributed by atoms with Crippen molar-refractivity contribution in [3.05, 3.63) is 35.9 Å². The molecule has 2 aliphatic rings. The first kappa shape index (κ1) is 16.9. The van der Waals surface area contributed by atoms with Crippen LogP contribution in [0.2, 0.25) is 0 Å². The standard InChI is InChI=1S/C18H27NO4/c1-12(2)19(10-13-8-6-5-7-9-13)11-14-15(20)16-17(21-14)23-18(3,4)22-16/h5-9,12,14-17,20H,10-11H2,1-4H3/t14-,15+,16-,17-/m1/s1. The van der Waals surface area contributed by atoms with Crippen LogP contribution in [0.15, 0.2) is 30.3 Å². The van der Waals surface area contributed by atoms with Crippen LogP contribution in [0.5, 0.6) is 0 Å². The predicted molar refractivity (Wildman–Crippen MR) is 86.7 cm³/mol. The Morgan fingerprint density at radius 1 is 1.17 bits per heavy atom. The third-order valence-corrected chi connectivity index (χ3v) is 4.49. The lowest BCUT2D eigenvalue weighted by Gasteiger charge is -2.31. The highest BCUT2D eigenvalue weighted by Crippen LogP contribution is 2.37. The van der Waals surface area contributed by atoms with Gasteiger partial charge in [0.05, 0.1) is 0 Å². The summed E-state index contributed by atoms with van der Waals surface area (Å²) in [6.07, 6.45) is -1.84. The summed E-state index contributed by atoms with van der Waals surface area (Å²) in [5.41, 5.74) is 1.25. The second-order valence-corrected chi connectivity index (χ2v) is 7.14. The predicted octanol–water partition coefficient (Wildman–Crippen LogP) is 2.13. The molecule has 0 aromatic heterocycles. The van der Waals surface area contributed by atoms with Crippen molar-refractivity contribution in [1.82, 2.24) is 4.90 Å². The van der Waals surface area contributed by atoms with Crippen LogP contribution >= 0.6 is 0 Å². The van der Waals surface area contributed by atoms with Gasteiger partial charge in [-0.05, 0) is 33.3 Å². The van der Waals surface area contributed by atoms with Gasteiger partial charge >= 0.3 is 0 Å². The van der Waals surface area contributed by atoms with Gasteiger partial charge in [0.1, 0.15) is 18.3 Å². The Bertz CT molecular complexity index is 519. The zero-order chi connectivity index (χ0) is 16.6. The van der Waals surface area contributed by atoms with E-state index in [1.165, 1.54) is 5.56 Å². The molecule has 0 amide bonds. The van der Waals surface area contributed by atoms with Gasteiger partial charge in [-0.25, -0.2) is 0 Å². The molecule has 1 aromatic rings. The molecule has 0 aliphatic carbocycles. The van der Waals surface area contributed by atoms with Crippen molar-refractivity contribution in [2.75, 3.05) is 6.54 Å². The van der Waals surface area contributed by atoms with Crippen LogP contribution in [-0.4, -0.2) is 53.0 Å². The topological polar surface area (TPSA) is 51.2 Å². The number of benzene rings is 1. The number of hydrogen-bond donors (Lipinski definition) is 1. The number of aliphatic hydroxyl groups excluding tert-OH is 1. The van der Waals surface area contributed by atoms with Crippen molar-refractivity contribution in [3.8, 4) is 0 Å². The Balaban J connectivity index is 1.63. The molecule has 3 rings (SSSR count). The molecule has 5 heteroatoms. The summed E-state index contributed by atoms with van der Waals surface area (Å²) in [5, 5.41) is 10.5. The molecule has 0 spiro atoms. The van der Waals surface area contributed by atoms with Gasteiger partial charge in [0.2, 0.25) is 0 Å². The van der Waals surface area contributed by atoms with Crippen LogP contribution < -0.4 is 0 Å². The highest BCUT2D eigenvalue weighted by molar-refractivity contribution is 5.14. The zero-order valence-electron chi connectivity index (χ0n) is 14.3. The number of rotatable bonds is 5. The number of fused-ring (bicyclic) bond motifs is 1. The van der Waals surface area contributed by atoms with Gasteiger partial charge in [0.15, 0.2) is 12.1 Å². The van der Waals surface area contributed by atoms with Crippen molar-refractivity contribution in [1.29, 1.82) is 0 Å². The minimum absolute atomic E-state index is 0.299. The number of aliphatic hydroxyl groups is 1. The molecule has 0 unspecified atom stereocenters. The van der Waals surface area contributed by atoms with E-state index in [0.29, 0.717) is 12.6 Å². The van der Waals surface area contributed by atoms with Crippen LogP contribution in [-0.2, 0) is 20.8 Å². The molecule has 2 fully saturated rings. The highest BCUT2D eigenvalue weighted by Gasteiger charge is 2.54. The van der Waals surface area contributed by atoms with Gasteiger partial charge in [-0.2, -0.15) is 0 Å². The first-order chi connectivity index (χ1) is 10.9. The average Bonchev–Trinajstić information content (AvgIpc) is 2.93. The Hall–Kier alpha value is -0.980. The van der Waals surface area contributed by atoms with E-state index in [9.17, 15) is 5.11 Å². The maximum Gasteiger partial charge on any atom is 0.190 e. The molecule has 1 N–H and O–H groups in total. The maximum atomic E-state index is 10.5. The van der Waals surface area contributed by atoms with Gasteiger partial charge < -0.3 is 19.3 Å². The van der Waals surface area contributed by atoms with E-state index in [1.807, 2.05) is 32.0 Å². The molecule has 0 saturated carbocycles. The Morgan fingerprint density at radius 3 is 2.48 bits per heavy atom. The smallest absolute Gasteiger partial charge is 0.190 e. The lowest BCUT2D eigenvalue weighted by Crippen LogP contribution is -2.43. The molecule has 23 heavy (non-hydrogen) atoms. The summed E-state index contributed by atoms with van der Waals surface area (Å²) in [7, 11) is 0. The Morgan fingerprint density at radius 2 is 1.87 bits per heavy atom. The van der Waals surface area contributed by atoms with Gasteiger partial charge in [-0.3, -0.25) is 4.90 Å². The molecule has 0 bridgehead atoms. The third kappa shape index (κ3) is 3.75. The van der Waals surface area contributed by atoms with E-state index in [2.05, 4.69) is 30.9 Å². The summed E-state index contributed by atoms with van der Waals surface area (Å²) < 4.78 is 17.4. The van der Waals surface area contributed by atoms with Gasteiger partial charge in [-0.1, -0.05) is 30.3 Å². The number of hydrogen-bond acceptors (Lipinski definition) is 5. The van der Waals surface area contributed by atoms with Crippen molar-refractivity contribution >= 4 is 0 Å². The maximum absolute atomic E-state index is 10.5. The molecule has 128 valence electrons. The minimum Gasteiger partial charge on any atom is -0.387 e. The Labute approximate surface area is 138 Å². The molecule has 4 atom stereocenters. The molecule has 0 radical (unpaired) electrons. The summed E-state index contributed by atoms with van der Waals surface area (Å²) in [4.78, 5) is 2.30. The molecule has 1 aromatic carbocycles. The zero-order valence-corrected chi connectivity index (χ0v) is 14.3. The SMILES string of the molecule is CC(C)N(Cc1ccccc1)C[C@H]1O[C@@H]2OC(C)(C)O[C@@H]2[C@H]1O. The monoisotopic (exact) mass is 321 g/mol. The fourth-order valence-corrected chi connectivity index (χ4v) is 3.22. The largest absolute Gasteiger partial charge is 0.387 e. The molecule has 2 heterocycles. The van der Waals surface area contributed by atoms with E-state index in [-0.39, 0.29) is 6.10 Å². The van der Waals surface area contributed by atoms with Gasteiger partial charge in [0, 0.05) is 19.1 Å².